The number of anilines is 2. The number of aryl methyl sites for hydroxylation is 2. The van der Waals surface area contributed by atoms with Crippen LogP contribution in [0.1, 0.15) is 16.9 Å². The maximum Gasteiger partial charge on any atom is 0.248 e. The van der Waals surface area contributed by atoms with E-state index in [0.717, 1.165) is 21.7 Å². The van der Waals surface area contributed by atoms with Crippen LogP contribution in [-0.2, 0) is 21.4 Å². The molecule has 0 fully saturated rings. The van der Waals surface area contributed by atoms with Gasteiger partial charge in [-0.25, -0.2) is 8.42 Å². The topological polar surface area (TPSA) is 70.8 Å². The fourth-order valence-electron chi connectivity index (χ4n) is 3.04. The number of carbonyl (C=O) groups excluding carboxylic acids is 1. The number of para-hydroxylation sites is 1. The lowest BCUT2D eigenvalue weighted by atomic mass is 10.2. The van der Waals surface area contributed by atoms with Crippen LogP contribution in [0.5, 0.6) is 0 Å². The number of hydrogen-bond acceptors (Lipinski definition) is 4. The third kappa shape index (κ3) is 5.06. The molecule has 3 rings (SSSR count). The van der Waals surface area contributed by atoms with Crippen molar-refractivity contribution in [2.75, 3.05) is 22.0 Å². The monoisotopic (exact) mass is 412 g/mol. The molecule has 0 unspecified atom stereocenters. The van der Waals surface area contributed by atoms with Crippen LogP contribution < -0.4 is 9.21 Å². The number of rotatable bonds is 7. The Hall–Kier alpha value is -3.06. The SMILES string of the molecule is Cc1ccc(N(Cc2ccco2)C(=O)CN(c2ccccc2C)S(C)(=O)=O)cc1. The zero-order chi connectivity index (χ0) is 21.0. The van der Waals surface area contributed by atoms with Gasteiger partial charge >= 0.3 is 0 Å². The molecule has 3 aromatic rings. The fourth-order valence-corrected chi connectivity index (χ4v) is 3.95. The summed E-state index contributed by atoms with van der Waals surface area (Å²) in [6.45, 7) is 3.68. The molecular formula is C22H24N2O4S. The molecule has 1 amide bonds. The molecule has 152 valence electrons. The predicted octanol–water partition coefficient (Wildman–Crippen LogP) is 3.90. The Morgan fingerprint density at radius 3 is 2.24 bits per heavy atom. The van der Waals surface area contributed by atoms with Gasteiger partial charge in [0, 0.05) is 5.69 Å². The molecular weight excluding hydrogens is 388 g/mol. The number of amides is 1. The van der Waals surface area contributed by atoms with Crippen molar-refractivity contribution in [2.24, 2.45) is 0 Å². The smallest absolute Gasteiger partial charge is 0.248 e. The first-order valence-corrected chi connectivity index (χ1v) is 11.0. The van der Waals surface area contributed by atoms with Crippen molar-refractivity contribution in [2.45, 2.75) is 20.4 Å². The van der Waals surface area contributed by atoms with Crippen LogP contribution in [0.3, 0.4) is 0 Å². The summed E-state index contributed by atoms with van der Waals surface area (Å²) < 4.78 is 31.5. The van der Waals surface area contributed by atoms with E-state index in [0.29, 0.717) is 17.1 Å². The second-order valence-electron chi connectivity index (χ2n) is 6.95. The Morgan fingerprint density at radius 2 is 1.66 bits per heavy atom. The van der Waals surface area contributed by atoms with Gasteiger partial charge in [-0.1, -0.05) is 35.9 Å². The Balaban J connectivity index is 1.95. The van der Waals surface area contributed by atoms with Gasteiger partial charge in [-0.05, 0) is 49.7 Å². The molecule has 0 aliphatic heterocycles. The summed E-state index contributed by atoms with van der Waals surface area (Å²) >= 11 is 0. The van der Waals surface area contributed by atoms with Crippen molar-refractivity contribution in [3.63, 3.8) is 0 Å². The lowest BCUT2D eigenvalue weighted by Gasteiger charge is -2.28. The van der Waals surface area contributed by atoms with Gasteiger partial charge in [0.15, 0.2) is 0 Å². The van der Waals surface area contributed by atoms with Crippen LogP contribution in [0.4, 0.5) is 11.4 Å². The van der Waals surface area contributed by atoms with Crippen molar-refractivity contribution in [3.05, 3.63) is 83.8 Å². The molecule has 29 heavy (non-hydrogen) atoms. The summed E-state index contributed by atoms with van der Waals surface area (Å²) in [6.07, 6.45) is 2.65. The molecule has 0 bridgehead atoms. The number of sulfonamides is 1. The Labute approximate surface area is 171 Å². The van der Waals surface area contributed by atoms with E-state index in [-0.39, 0.29) is 19.0 Å². The van der Waals surface area contributed by atoms with E-state index in [1.54, 1.807) is 30.5 Å². The standard InChI is InChI=1S/C22H24N2O4S/c1-17-10-12-19(13-11-17)23(15-20-8-6-14-28-20)22(25)16-24(29(3,26)27)21-9-5-4-7-18(21)2/h4-14H,15-16H2,1-3H3. The third-order valence-corrected chi connectivity index (χ3v) is 5.73. The molecule has 0 N–H and O–H groups in total. The summed E-state index contributed by atoms with van der Waals surface area (Å²) in [5.74, 6) is 0.264. The van der Waals surface area contributed by atoms with Crippen LogP contribution in [0, 0.1) is 13.8 Å². The highest BCUT2D eigenvalue weighted by molar-refractivity contribution is 7.92. The minimum absolute atomic E-state index is 0.209. The predicted molar refractivity (Wildman–Crippen MR) is 114 cm³/mol. The Kier molecular flexibility index (Phi) is 6.08. The minimum atomic E-state index is -3.66. The summed E-state index contributed by atoms with van der Waals surface area (Å²) in [7, 11) is -3.66. The van der Waals surface area contributed by atoms with Crippen LogP contribution in [0.2, 0.25) is 0 Å². The van der Waals surface area contributed by atoms with Crippen molar-refractivity contribution >= 4 is 27.3 Å². The van der Waals surface area contributed by atoms with Crippen molar-refractivity contribution in [1.82, 2.24) is 0 Å². The average molecular weight is 413 g/mol. The van der Waals surface area contributed by atoms with Gasteiger partial charge in [0.1, 0.15) is 12.3 Å². The summed E-state index contributed by atoms with van der Waals surface area (Å²) in [5, 5.41) is 0. The molecule has 7 heteroatoms. The first kappa shape index (κ1) is 20.7. The maximum absolute atomic E-state index is 13.3. The van der Waals surface area contributed by atoms with Gasteiger partial charge < -0.3 is 9.32 Å². The van der Waals surface area contributed by atoms with E-state index < -0.39 is 10.0 Å². The fraction of sp³-hybridized carbons (Fsp3) is 0.227. The highest BCUT2D eigenvalue weighted by Gasteiger charge is 2.26. The Bertz CT molecular complexity index is 1070. The average Bonchev–Trinajstić information content (AvgIpc) is 3.18. The second kappa shape index (κ2) is 8.53. The molecule has 2 aromatic carbocycles. The summed E-state index contributed by atoms with van der Waals surface area (Å²) in [5.41, 5.74) is 3.01. The highest BCUT2D eigenvalue weighted by atomic mass is 32.2. The van der Waals surface area contributed by atoms with Crippen LogP contribution in [-0.4, -0.2) is 27.1 Å². The number of carbonyl (C=O) groups is 1. The first-order chi connectivity index (χ1) is 13.8. The van der Waals surface area contributed by atoms with Crippen molar-refractivity contribution in [1.29, 1.82) is 0 Å². The lowest BCUT2D eigenvalue weighted by Crippen LogP contribution is -2.42. The molecule has 0 saturated carbocycles. The molecule has 6 nitrogen and oxygen atoms in total. The van der Waals surface area contributed by atoms with Gasteiger partial charge in [-0.3, -0.25) is 9.10 Å². The summed E-state index contributed by atoms with van der Waals surface area (Å²) in [6, 6.07) is 18.1. The molecule has 0 atom stereocenters. The normalized spacial score (nSPS) is 11.3. The van der Waals surface area contributed by atoms with E-state index >= 15 is 0 Å². The van der Waals surface area contributed by atoms with Gasteiger partial charge in [0.2, 0.25) is 15.9 Å². The molecule has 1 aromatic heterocycles. The van der Waals surface area contributed by atoms with E-state index in [2.05, 4.69) is 0 Å². The van der Waals surface area contributed by atoms with E-state index in [4.69, 9.17) is 4.42 Å². The number of furan rings is 1. The summed E-state index contributed by atoms with van der Waals surface area (Å²) in [4.78, 5) is 14.8. The van der Waals surface area contributed by atoms with E-state index in [1.165, 1.54) is 4.90 Å². The van der Waals surface area contributed by atoms with Gasteiger partial charge in [-0.2, -0.15) is 0 Å². The quantitative estimate of drug-likeness (QED) is 0.590. The number of hydrogen-bond donors (Lipinski definition) is 0. The minimum Gasteiger partial charge on any atom is -0.467 e. The van der Waals surface area contributed by atoms with E-state index in [9.17, 15) is 13.2 Å². The van der Waals surface area contributed by atoms with Gasteiger partial charge in [-0.15, -0.1) is 0 Å². The highest BCUT2D eigenvalue weighted by Crippen LogP contribution is 2.24. The maximum atomic E-state index is 13.3. The molecule has 0 spiro atoms. The van der Waals surface area contributed by atoms with Crippen LogP contribution in [0.15, 0.2) is 71.3 Å². The van der Waals surface area contributed by atoms with Crippen molar-refractivity contribution in [3.8, 4) is 0 Å². The molecule has 0 aliphatic rings. The van der Waals surface area contributed by atoms with Gasteiger partial charge in [0.05, 0.1) is 24.8 Å². The van der Waals surface area contributed by atoms with Gasteiger partial charge in [0.25, 0.3) is 0 Å². The third-order valence-electron chi connectivity index (χ3n) is 4.60. The molecule has 1 heterocycles. The van der Waals surface area contributed by atoms with E-state index in [1.807, 2.05) is 50.2 Å². The zero-order valence-electron chi connectivity index (χ0n) is 16.7. The molecule has 0 saturated heterocycles. The molecule has 0 radical (unpaired) electrons. The lowest BCUT2D eigenvalue weighted by molar-refractivity contribution is -0.117. The van der Waals surface area contributed by atoms with Crippen LogP contribution in [0.25, 0.3) is 0 Å². The van der Waals surface area contributed by atoms with Crippen LogP contribution >= 0.6 is 0 Å². The zero-order valence-corrected chi connectivity index (χ0v) is 17.5. The van der Waals surface area contributed by atoms with Crippen molar-refractivity contribution < 1.29 is 17.6 Å². The second-order valence-corrected chi connectivity index (χ2v) is 8.86. The number of nitrogens with zero attached hydrogens (tertiary/aromatic N) is 2. The molecule has 0 aliphatic carbocycles. The number of benzene rings is 2. The first-order valence-electron chi connectivity index (χ1n) is 9.18. The largest absolute Gasteiger partial charge is 0.467 e. The Morgan fingerprint density at radius 1 is 0.966 bits per heavy atom.